The van der Waals surface area contributed by atoms with Gasteiger partial charge < -0.3 is 3.53 Å². The summed E-state index contributed by atoms with van der Waals surface area (Å²) >= 11 is 1.63. The van der Waals surface area contributed by atoms with Crippen LogP contribution in [0.5, 0.6) is 0 Å². The summed E-state index contributed by atoms with van der Waals surface area (Å²) in [5, 5.41) is 0. The van der Waals surface area contributed by atoms with Crippen LogP contribution in [0.2, 0.25) is 0 Å². The SMILES string of the molecule is Fc1cc(F)c(NI)cc1F. The third-order valence-corrected chi connectivity index (χ3v) is 1.69. The average Bonchev–Trinajstić information content (AvgIpc) is 1.97. The van der Waals surface area contributed by atoms with Crippen LogP contribution in [0.25, 0.3) is 0 Å². The van der Waals surface area contributed by atoms with E-state index in [1.54, 1.807) is 22.9 Å². The number of hydrogen-bond donors (Lipinski definition) is 1. The first-order valence-corrected chi connectivity index (χ1v) is 3.74. The lowest BCUT2D eigenvalue weighted by Gasteiger charge is -2.00. The summed E-state index contributed by atoms with van der Waals surface area (Å²) in [6, 6.07) is 1.26. The van der Waals surface area contributed by atoms with Gasteiger partial charge in [-0.15, -0.1) is 0 Å². The minimum atomic E-state index is -1.18. The lowest BCUT2D eigenvalue weighted by atomic mass is 10.3. The Morgan fingerprint density at radius 2 is 1.55 bits per heavy atom. The van der Waals surface area contributed by atoms with Gasteiger partial charge in [-0.1, -0.05) is 0 Å². The fraction of sp³-hybridized carbons (Fsp3) is 0. The number of halogens is 4. The summed E-state index contributed by atoms with van der Waals surface area (Å²) in [5.41, 5.74) is -0.0653. The number of hydrogen-bond acceptors (Lipinski definition) is 1. The van der Waals surface area contributed by atoms with Gasteiger partial charge in [0.05, 0.1) is 28.6 Å². The van der Waals surface area contributed by atoms with Gasteiger partial charge in [0.2, 0.25) is 0 Å². The van der Waals surface area contributed by atoms with Gasteiger partial charge in [-0.25, -0.2) is 13.2 Å². The molecule has 0 saturated carbocycles. The molecule has 0 fully saturated rings. The number of nitrogens with one attached hydrogen (secondary N) is 1. The molecule has 0 amide bonds. The molecule has 0 aliphatic rings. The monoisotopic (exact) mass is 273 g/mol. The largest absolute Gasteiger partial charge is 0.326 e. The van der Waals surface area contributed by atoms with Crippen LogP contribution in [0.4, 0.5) is 18.9 Å². The molecule has 0 unspecified atom stereocenters. The zero-order valence-electron chi connectivity index (χ0n) is 5.17. The van der Waals surface area contributed by atoms with Gasteiger partial charge in [0.1, 0.15) is 5.82 Å². The highest BCUT2D eigenvalue weighted by atomic mass is 127. The Morgan fingerprint density at radius 1 is 1.00 bits per heavy atom. The minimum Gasteiger partial charge on any atom is -0.326 e. The van der Waals surface area contributed by atoms with Crippen molar-refractivity contribution in [1.82, 2.24) is 0 Å². The van der Waals surface area contributed by atoms with Crippen molar-refractivity contribution in [3.05, 3.63) is 29.6 Å². The van der Waals surface area contributed by atoms with Gasteiger partial charge >= 0.3 is 0 Å². The highest BCUT2D eigenvalue weighted by Gasteiger charge is 2.07. The summed E-state index contributed by atoms with van der Waals surface area (Å²) in [7, 11) is 0. The van der Waals surface area contributed by atoms with Crippen molar-refractivity contribution in [2.24, 2.45) is 0 Å². The van der Waals surface area contributed by atoms with Crippen molar-refractivity contribution in [3.8, 4) is 0 Å². The molecule has 0 aliphatic heterocycles. The van der Waals surface area contributed by atoms with Crippen LogP contribution in [0.3, 0.4) is 0 Å². The normalized spacial score (nSPS) is 9.82. The molecule has 0 heterocycles. The zero-order chi connectivity index (χ0) is 8.43. The lowest BCUT2D eigenvalue weighted by Crippen LogP contribution is -1.91. The molecule has 0 bridgehead atoms. The van der Waals surface area contributed by atoms with Gasteiger partial charge in [0.15, 0.2) is 11.6 Å². The summed E-state index contributed by atoms with van der Waals surface area (Å²) in [6.07, 6.45) is 0. The van der Waals surface area contributed by atoms with Crippen molar-refractivity contribution in [3.63, 3.8) is 0 Å². The third-order valence-electron chi connectivity index (χ3n) is 1.11. The van der Waals surface area contributed by atoms with E-state index in [-0.39, 0.29) is 5.69 Å². The highest BCUT2D eigenvalue weighted by molar-refractivity contribution is 14.1. The average molecular weight is 273 g/mol. The molecular formula is C6H3F3IN. The Balaban J connectivity index is 3.21. The fourth-order valence-electron chi connectivity index (χ4n) is 0.595. The maximum atomic E-state index is 12.6. The van der Waals surface area contributed by atoms with Crippen LogP contribution in [-0.2, 0) is 0 Å². The van der Waals surface area contributed by atoms with Crippen LogP contribution < -0.4 is 3.53 Å². The van der Waals surface area contributed by atoms with E-state index in [0.717, 1.165) is 6.07 Å². The number of rotatable bonds is 1. The molecule has 0 saturated heterocycles. The molecular weight excluding hydrogens is 270 g/mol. The Morgan fingerprint density at radius 3 is 2.09 bits per heavy atom. The number of benzene rings is 1. The fourth-order valence-corrected chi connectivity index (χ4v) is 1.01. The van der Waals surface area contributed by atoms with Crippen LogP contribution in [0.1, 0.15) is 0 Å². The second-order valence-corrected chi connectivity index (χ2v) is 2.38. The van der Waals surface area contributed by atoms with Crippen molar-refractivity contribution in [2.45, 2.75) is 0 Å². The van der Waals surface area contributed by atoms with Gasteiger partial charge in [0, 0.05) is 12.1 Å². The third kappa shape index (κ3) is 1.76. The molecule has 1 nitrogen and oxygen atoms in total. The molecule has 0 aromatic heterocycles. The Bertz CT molecular complexity index is 277. The molecule has 5 heteroatoms. The molecule has 1 rings (SSSR count). The summed E-state index contributed by atoms with van der Waals surface area (Å²) in [5.74, 6) is -3.05. The highest BCUT2D eigenvalue weighted by Crippen LogP contribution is 2.19. The van der Waals surface area contributed by atoms with Crippen molar-refractivity contribution >= 4 is 28.6 Å². The molecule has 1 aromatic carbocycles. The van der Waals surface area contributed by atoms with Crippen molar-refractivity contribution < 1.29 is 13.2 Å². The standard InChI is InChI=1S/C6H3F3IN/c7-3-1-5(9)6(11-10)2-4(3)8/h1-2,11H. The van der Waals surface area contributed by atoms with E-state index in [1.165, 1.54) is 0 Å². The first-order valence-electron chi connectivity index (χ1n) is 2.66. The quantitative estimate of drug-likeness (QED) is 0.471. The number of anilines is 1. The lowest BCUT2D eigenvalue weighted by molar-refractivity contribution is 0.496. The minimum absolute atomic E-state index is 0.0653. The van der Waals surface area contributed by atoms with E-state index in [9.17, 15) is 13.2 Å². The second kappa shape index (κ2) is 3.29. The van der Waals surface area contributed by atoms with E-state index in [1.807, 2.05) is 0 Å². The van der Waals surface area contributed by atoms with Gasteiger partial charge in [0.25, 0.3) is 0 Å². The van der Waals surface area contributed by atoms with Crippen LogP contribution in [0.15, 0.2) is 12.1 Å². The van der Waals surface area contributed by atoms with E-state index in [0.29, 0.717) is 6.07 Å². The smallest absolute Gasteiger partial charge is 0.161 e. The molecule has 0 spiro atoms. The van der Waals surface area contributed by atoms with E-state index < -0.39 is 17.5 Å². The predicted molar refractivity (Wildman–Crippen MR) is 44.0 cm³/mol. The first-order chi connectivity index (χ1) is 5.15. The Kier molecular flexibility index (Phi) is 2.58. The maximum Gasteiger partial charge on any atom is 0.161 e. The molecule has 0 aliphatic carbocycles. The van der Waals surface area contributed by atoms with Gasteiger partial charge in [-0.2, -0.15) is 0 Å². The van der Waals surface area contributed by atoms with Crippen LogP contribution >= 0.6 is 22.9 Å². The van der Waals surface area contributed by atoms with Gasteiger partial charge in [-0.3, -0.25) is 0 Å². The molecule has 1 aromatic rings. The second-order valence-electron chi connectivity index (χ2n) is 1.84. The van der Waals surface area contributed by atoms with Crippen molar-refractivity contribution in [2.75, 3.05) is 3.53 Å². The summed E-state index contributed by atoms with van der Waals surface area (Å²) < 4.78 is 39.5. The van der Waals surface area contributed by atoms with Crippen LogP contribution in [0, 0.1) is 17.5 Å². The van der Waals surface area contributed by atoms with E-state index in [4.69, 9.17) is 0 Å². The molecule has 1 N–H and O–H groups in total. The van der Waals surface area contributed by atoms with Gasteiger partial charge in [-0.05, 0) is 0 Å². The molecule has 0 radical (unpaired) electrons. The molecule has 11 heavy (non-hydrogen) atoms. The first kappa shape index (κ1) is 8.63. The predicted octanol–water partition coefficient (Wildman–Crippen LogP) is 2.87. The Labute approximate surface area is 75.1 Å². The summed E-state index contributed by atoms with van der Waals surface area (Å²) in [6.45, 7) is 0. The molecule has 0 atom stereocenters. The summed E-state index contributed by atoms with van der Waals surface area (Å²) in [4.78, 5) is 0. The van der Waals surface area contributed by atoms with Crippen molar-refractivity contribution in [1.29, 1.82) is 0 Å². The molecule has 60 valence electrons. The maximum absolute atomic E-state index is 12.6. The van der Waals surface area contributed by atoms with E-state index in [2.05, 4.69) is 3.53 Å². The van der Waals surface area contributed by atoms with E-state index >= 15 is 0 Å². The topological polar surface area (TPSA) is 12.0 Å². The van der Waals surface area contributed by atoms with Crippen LogP contribution in [-0.4, -0.2) is 0 Å². The Hall–Kier alpha value is -0.460. The zero-order valence-corrected chi connectivity index (χ0v) is 7.32.